The highest BCUT2D eigenvalue weighted by atomic mass is 16.6. The lowest BCUT2D eigenvalue weighted by Gasteiger charge is -2.19. The van der Waals surface area contributed by atoms with Crippen molar-refractivity contribution in [2.75, 3.05) is 6.61 Å². The number of nitro benzene ring substituents is 1. The maximum Gasteiger partial charge on any atom is 0.407 e. The lowest BCUT2D eigenvalue weighted by atomic mass is 9.98. The molecule has 0 unspecified atom stereocenters. The number of carboxylic acids is 1. The SMILES string of the molecule is O=C(O)C[C@@H](NC(=O)OCC1c2ccccc2-c2ccccc21)c1cccc([N+](=O)[O-])c1. The molecule has 2 N–H and O–H groups in total. The first-order valence-corrected chi connectivity index (χ1v) is 10.0. The highest BCUT2D eigenvalue weighted by Crippen LogP contribution is 2.44. The van der Waals surface area contributed by atoms with Crippen molar-refractivity contribution in [1.29, 1.82) is 0 Å². The third-order valence-corrected chi connectivity index (χ3v) is 5.50. The Labute approximate surface area is 183 Å². The molecule has 0 spiro atoms. The van der Waals surface area contributed by atoms with E-state index in [-0.39, 0.29) is 18.2 Å². The molecule has 32 heavy (non-hydrogen) atoms. The largest absolute Gasteiger partial charge is 0.481 e. The van der Waals surface area contributed by atoms with E-state index in [4.69, 9.17) is 4.74 Å². The Kier molecular flexibility index (Phi) is 5.85. The number of nitro groups is 1. The Morgan fingerprint density at radius 3 is 2.22 bits per heavy atom. The van der Waals surface area contributed by atoms with E-state index in [1.54, 1.807) is 0 Å². The van der Waals surface area contributed by atoms with Crippen molar-refractivity contribution in [3.05, 3.63) is 99.6 Å². The average Bonchev–Trinajstić information content (AvgIpc) is 3.11. The summed E-state index contributed by atoms with van der Waals surface area (Å²) in [5.74, 6) is -1.29. The third kappa shape index (κ3) is 4.29. The number of rotatable bonds is 7. The summed E-state index contributed by atoms with van der Waals surface area (Å²) in [6.45, 7) is 0.0780. The first-order valence-electron chi connectivity index (χ1n) is 10.0. The van der Waals surface area contributed by atoms with Gasteiger partial charge in [-0.2, -0.15) is 0 Å². The molecule has 0 fully saturated rings. The van der Waals surface area contributed by atoms with Crippen LogP contribution in [0.4, 0.5) is 10.5 Å². The van der Waals surface area contributed by atoms with Crippen LogP contribution in [-0.2, 0) is 9.53 Å². The van der Waals surface area contributed by atoms with Crippen LogP contribution in [0.3, 0.4) is 0 Å². The van der Waals surface area contributed by atoms with Gasteiger partial charge in [0, 0.05) is 18.1 Å². The summed E-state index contributed by atoms with van der Waals surface area (Å²) in [6.07, 6.45) is -1.23. The number of carboxylic acid groups (broad SMARTS) is 1. The summed E-state index contributed by atoms with van der Waals surface area (Å²) < 4.78 is 5.47. The van der Waals surface area contributed by atoms with E-state index in [9.17, 15) is 24.8 Å². The lowest BCUT2D eigenvalue weighted by Crippen LogP contribution is -2.31. The molecule has 0 bridgehead atoms. The fraction of sp³-hybridized carbons (Fsp3) is 0.167. The summed E-state index contributed by atoms with van der Waals surface area (Å²) in [5, 5.41) is 22.8. The number of amides is 1. The van der Waals surface area contributed by atoms with Crippen LogP contribution in [0.2, 0.25) is 0 Å². The second-order valence-electron chi connectivity index (χ2n) is 7.47. The minimum Gasteiger partial charge on any atom is -0.481 e. The molecule has 0 aliphatic heterocycles. The highest BCUT2D eigenvalue weighted by molar-refractivity contribution is 5.79. The normalized spacial score (nSPS) is 13.0. The van der Waals surface area contributed by atoms with Crippen molar-refractivity contribution >= 4 is 17.7 Å². The zero-order valence-electron chi connectivity index (χ0n) is 16.9. The van der Waals surface area contributed by atoms with Crippen LogP contribution in [0.1, 0.15) is 35.1 Å². The molecule has 8 heteroatoms. The number of ether oxygens (including phenoxy) is 1. The van der Waals surface area contributed by atoms with E-state index in [1.165, 1.54) is 24.3 Å². The third-order valence-electron chi connectivity index (χ3n) is 5.50. The first-order chi connectivity index (χ1) is 15.4. The molecule has 3 aromatic carbocycles. The first kappa shape index (κ1) is 21.0. The smallest absolute Gasteiger partial charge is 0.407 e. The predicted molar refractivity (Wildman–Crippen MR) is 116 cm³/mol. The minimum absolute atomic E-state index is 0.0780. The van der Waals surface area contributed by atoms with Crippen LogP contribution in [0, 0.1) is 10.1 Å². The standard InChI is InChI=1S/C24H20N2O6/c27-23(28)13-22(15-6-5-7-16(12-15)26(30)31)25-24(29)32-14-21-19-10-3-1-8-17(19)18-9-2-4-11-20(18)21/h1-12,21-22H,13-14H2,(H,25,29)(H,27,28)/t22-/m1/s1. The van der Waals surface area contributed by atoms with Gasteiger partial charge in [-0.25, -0.2) is 4.79 Å². The van der Waals surface area contributed by atoms with Crippen LogP contribution in [-0.4, -0.2) is 28.7 Å². The molecule has 1 atom stereocenters. The van der Waals surface area contributed by atoms with E-state index in [0.29, 0.717) is 5.56 Å². The molecule has 4 rings (SSSR count). The van der Waals surface area contributed by atoms with Crippen molar-refractivity contribution in [1.82, 2.24) is 5.32 Å². The second-order valence-corrected chi connectivity index (χ2v) is 7.47. The Morgan fingerprint density at radius 2 is 1.62 bits per heavy atom. The number of carbonyl (C=O) groups excluding carboxylic acids is 1. The molecular formula is C24H20N2O6. The van der Waals surface area contributed by atoms with Gasteiger partial charge in [-0.3, -0.25) is 14.9 Å². The number of aliphatic carboxylic acids is 1. The number of non-ortho nitro benzene ring substituents is 1. The van der Waals surface area contributed by atoms with E-state index in [2.05, 4.69) is 5.32 Å². The molecule has 1 aliphatic carbocycles. The minimum atomic E-state index is -1.15. The summed E-state index contributed by atoms with van der Waals surface area (Å²) in [6, 6.07) is 20.4. The molecule has 0 saturated carbocycles. The summed E-state index contributed by atoms with van der Waals surface area (Å²) in [4.78, 5) is 34.3. The van der Waals surface area contributed by atoms with E-state index in [1.807, 2.05) is 48.5 Å². The molecule has 0 heterocycles. The summed E-state index contributed by atoms with van der Waals surface area (Å²) in [7, 11) is 0. The quantitative estimate of drug-likeness (QED) is 0.414. The van der Waals surface area contributed by atoms with Gasteiger partial charge < -0.3 is 15.2 Å². The number of nitrogens with one attached hydrogen (secondary N) is 1. The summed E-state index contributed by atoms with van der Waals surface area (Å²) in [5.41, 5.74) is 4.43. The Balaban J connectivity index is 1.49. The van der Waals surface area contributed by atoms with Crippen molar-refractivity contribution in [3.8, 4) is 11.1 Å². The number of carbonyl (C=O) groups is 2. The maximum absolute atomic E-state index is 12.5. The Morgan fingerprint density at radius 1 is 1.00 bits per heavy atom. The number of hydrogen-bond acceptors (Lipinski definition) is 5. The van der Waals surface area contributed by atoms with Crippen molar-refractivity contribution in [2.24, 2.45) is 0 Å². The molecule has 162 valence electrons. The van der Waals surface area contributed by atoms with Crippen LogP contribution >= 0.6 is 0 Å². The van der Waals surface area contributed by atoms with E-state index >= 15 is 0 Å². The zero-order chi connectivity index (χ0) is 22.7. The van der Waals surface area contributed by atoms with Gasteiger partial charge in [0.05, 0.1) is 17.4 Å². The van der Waals surface area contributed by atoms with Crippen LogP contribution in [0.15, 0.2) is 72.8 Å². The molecule has 1 amide bonds. The van der Waals surface area contributed by atoms with Crippen LogP contribution < -0.4 is 5.32 Å². The van der Waals surface area contributed by atoms with Gasteiger partial charge in [0.2, 0.25) is 0 Å². The Hall–Kier alpha value is -4.20. The number of nitrogens with zero attached hydrogens (tertiary/aromatic N) is 1. The number of benzene rings is 3. The fourth-order valence-corrected chi connectivity index (χ4v) is 4.06. The molecule has 8 nitrogen and oxygen atoms in total. The van der Waals surface area contributed by atoms with Crippen molar-refractivity contribution < 1.29 is 24.4 Å². The zero-order valence-corrected chi connectivity index (χ0v) is 16.9. The van der Waals surface area contributed by atoms with Gasteiger partial charge >= 0.3 is 12.1 Å². The van der Waals surface area contributed by atoms with Gasteiger partial charge in [0.1, 0.15) is 6.61 Å². The average molecular weight is 432 g/mol. The van der Waals surface area contributed by atoms with E-state index < -0.39 is 29.4 Å². The van der Waals surface area contributed by atoms with Gasteiger partial charge in [-0.05, 0) is 27.8 Å². The molecule has 3 aromatic rings. The van der Waals surface area contributed by atoms with Crippen molar-refractivity contribution in [2.45, 2.75) is 18.4 Å². The van der Waals surface area contributed by atoms with Crippen molar-refractivity contribution in [3.63, 3.8) is 0 Å². The van der Waals surface area contributed by atoms with Crippen LogP contribution in [0.5, 0.6) is 0 Å². The molecular weight excluding hydrogens is 412 g/mol. The molecule has 0 saturated heterocycles. The van der Waals surface area contributed by atoms with Gasteiger partial charge in [-0.15, -0.1) is 0 Å². The number of alkyl carbamates (subject to hydrolysis) is 1. The van der Waals surface area contributed by atoms with E-state index in [0.717, 1.165) is 22.3 Å². The summed E-state index contributed by atoms with van der Waals surface area (Å²) >= 11 is 0. The van der Waals surface area contributed by atoms with Crippen LogP contribution in [0.25, 0.3) is 11.1 Å². The van der Waals surface area contributed by atoms with Gasteiger partial charge in [-0.1, -0.05) is 60.7 Å². The predicted octanol–water partition coefficient (Wildman–Crippen LogP) is 4.65. The van der Waals surface area contributed by atoms with Gasteiger partial charge in [0.25, 0.3) is 5.69 Å². The number of hydrogen-bond donors (Lipinski definition) is 2. The topological polar surface area (TPSA) is 119 Å². The second kappa shape index (κ2) is 8.89. The molecule has 0 radical (unpaired) electrons. The molecule has 1 aliphatic rings. The highest BCUT2D eigenvalue weighted by Gasteiger charge is 2.29. The number of fused-ring (bicyclic) bond motifs is 3. The Bertz CT molecular complexity index is 1150. The molecule has 0 aromatic heterocycles. The monoisotopic (exact) mass is 432 g/mol. The van der Waals surface area contributed by atoms with Gasteiger partial charge in [0.15, 0.2) is 0 Å². The maximum atomic E-state index is 12.5. The lowest BCUT2D eigenvalue weighted by molar-refractivity contribution is -0.384. The fourth-order valence-electron chi connectivity index (χ4n) is 4.06.